The molecule has 3 heterocycles. The monoisotopic (exact) mass is 1590 g/mol. The number of Topliss-reactive ketones (excluding diaryl/α,β-unsaturated/α-hetero) is 4. The van der Waals surface area contributed by atoms with E-state index in [9.17, 15) is 51.1 Å². The number of nitrogens with one attached hydrogen (secondary N) is 3. The minimum absolute atomic E-state index is 0. The quantitative estimate of drug-likeness (QED) is 0.00526. The molecule has 10 aromatic carbocycles. The first kappa shape index (κ1) is 83.7. The van der Waals surface area contributed by atoms with Crippen molar-refractivity contribution >= 4 is 178 Å². The van der Waals surface area contributed by atoms with E-state index in [1.165, 1.54) is 0 Å². The van der Waals surface area contributed by atoms with Crippen LogP contribution in [0.25, 0.3) is 110 Å². The summed E-state index contributed by atoms with van der Waals surface area (Å²) >= 11 is 1.93. The van der Waals surface area contributed by atoms with Gasteiger partial charge in [0.2, 0.25) is 23.1 Å². The number of hydrogen-bond acceptors (Lipinski definition) is 30. The van der Waals surface area contributed by atoms with Gasteiger partial charge in [-0.1, -0.05) is 84.9 Å². The fourth-order valence-electron chi connectivity index (χ4n) is 12.9. The fourth-order valence-corrected chi connectivity index (χ4v) is 15.1. The molecule has 0 amide bonds. The van der Waals surface area contributed by atoms with Crippen LogP contribution in [0.3, 0.4) is 0 Å². The number of hydrogen-bond donors (Lipinski definition) is 8. The number of anilines is 8. The number of carbonyl (C=O) groups excluding carboxylic acids is 4. The van der Waals surface area contributed by atoms with Crippen molar-refractivity contribution in [2.24, 2.45) is 0 Å². The Hall–Kier alpha value is -5.81. The molecule has 0 bridgehead atoms. The van der Waals surface area contributed by atoms with E-state index >= 15 is 0 Å². The fraction of sp³-hybridized carbons (Fsp3) is 0.167. The number of nitrogens with zero attached hydrogens (tertiary/aromatic N) is 4. The minimum Gasteiger partial charge on any atom is -0.748 e. The van der Waals surface area contributed by atoms with Crippen LogP contribution in [0.5, 0.6) is 0 Å². The summed E-state index contributed by atoms with van der Waals surface area (Å²) < 4.78 is 66.4. The van der Waals surface area contributed by atoms with Crippen LogP contribution < -0.4 is 209 Å². The SMILES string of the molecule is Nc1cc(N)c(N)cc1N.Nc1ccc2c3c(cccc13)C(=O)C2=O.O=C1C(=O)c2ccc(NCCCSOO[O-])c3cccc1c23.O=S(=O)([O-])CCCNc1ccc2c3c(cccc13)-c1nc3cc4nc5c(nc4cc3nc1-2)-c1cccc2c(NCCCSOO[O-])ccc-5c12.O=S1(=O)CCCO1.[K+].[K+].[K+]. The largest absolute Gasteiger partial charge is 1.00 e. The molecule has 1 aliphatic heterocycles. The molecule has 1 saturated heterocycles. The third-order valence-electron chi connectivity index (χ3n) is 17.6. The predicted octanol–water partition coefficient (Wildman–Crippen LogP) is 0.653. The van der Waals surface area contributed by atoms with Crippen molar-refractivity contribution in [1.82, 2.24) is 19.9 Å². The first-order valence-corrected chi connectivity index (χ1v) is 37.2. The van der Waals surface area contributed by atoms with E-state index in [4.69, 9.17) is 48.6 Å². The standard InChI is InChI=1S/C36H28N6O6S2.C15H13NO5S.C12H7NO2.C6H10N4.C3H6O3S.3K/c43-47-48-49-15-3-13-37-25-11-9-23-31-19(25)5-1-7-21(31)33-35(23)41-29-18-28-30(17-27(29)39-33)42-36-24-10-12-26(38-14-4-16-50(44,45)46)20-6-2-8-22(32(20)24)34(36)40-28;17-14-10-4-1-3-9-12(16-7-2-8-22-21-20-19)6-5-11(13(9)10)15(14)18;13-9-5-4-8-10-6(9)2-1-3-7(10)11(14)12(8)15;7-3-1-4(8)6(10)2-5(3)9;4-7(5)3-1-2-6-7;;;/h1-2,5-12,17-18,37-38,43H,3-4,13-16H2,(H,44,45,46);1,3-6,16,19H,2,7-8H2;1-5H,13H2;1-2H,7-10H2;1-3H2;;;/q;;;;;3*+1/p-3. The molecule has 12 aromatic rings. The Labute approximate surface area is 747 Å². The number of rotatable bonds is 19. The number of ketones is 4. The van der Waals surface area contributed by atoms with Gasteiger partial charge in [-0.15, -0.1) is 0 Å². The molecule has 28 nitrogen and oxygen atoms in total. The number of nitrogens with two attached hydrogens (primary N) is 5. The summed E-state index contributed by atoms with van der Waals surface area (Å²) in [5.41, 5.74) is 44.8. The van der Waals surface area contributed by atoms with E-state index in [1.54, 1.807) is 54.6 Å². The Morgan fingerprint density at radius 3 is 1.12 bits per heavy atom. The summed E-state index contributed by atoms with van der Waals surface area (Å²) in [5, 5.41) is 43.6. The normalized spacial score (nSPS) is 13.3. The average Bonchev–Trinajstić information content (AvgIpc) is 1.57. The average molecular weight is 1600 g/mol. The summed E-state index contributed by atoms with van der Waals surface area (Å²) in [4.78, 5) is 67.6. The van der Waals surface area contributed by atoms with Crippen LogP contribution >= 0.6 is 24.1 Å². The molecule has 5 aliphatic rings. The van der Waals surface area contributed by atoms with Crippen molar-refractivity contribution in [3.05, 3.63) is 168 Å². The molecule has 107 heavy (non-hydrogen) atoms. The van der Waals surface area contributed by atoms with Crippen LogP contribution in [0.15, 0.2) is 146 Å². The van der Waals surface area contributed by atoms with E-state index in [1.807, 2.05) is 66.7 Å². The van der Waals surface area contributed by atoms with Crippen molar-refractivity contribution < 1.29 is 228 Å². The Balaban J connectivity index is 0.000000175. The second-order valence-corrected chi connectivity index (χ2v) is 29.0. The molecule has 13 N–H and O–H groups in total. The molecule has 0 unspecified atom stereocenters. The van der Waals surface area contributed by atoms with Gasteiger partial charge in [0, 0.05) is 171 Å². The van der Waals surface area contributed by atoms with Crippen molar-refractivity contribution in [2.75, 3.05) is 93.9 Å². The Morgan fingerprint density at radius 2 is 0.766 bits per heavy atom. The van der Waals surface area contributed by atoms with Crippen LogP contribution in [-0.2, 0) is 43.2 Å². The zero-order valence-electron chi connectivity index (χ0n) is 57.7. The molecule has 1 fully saturated rings. The van der Waals surface area contributed by atoms with Gasteiger partial charge in [-0.3, -0.25) is 33.4 Å². The maximum Gasteiger partial charge on any atom is 1.00 e. The zero-order chi connectivity index (χ0) is 73.1. The molecule has 0 atom stereocenters. The molecule has 17 rings (SSSR count). The van der Waals surface area contributed by atoms with Crippen molar-refractivity contribution in [3.63, 3.8) is 0 Å². The van der Waals surface area contributed by atoms with Crippen LogP contribution in [0, 0.1) is 0 Å². The number of nitrogen functional groups attached to an aromatic ring is 5. The molecule has 532 valence electrons. The topological polar surface area (TPSA) is 470 Å². The molecule has 0 radical (unpaired) electrons. The van der Waals surface area contributed by atoms with Crippen molar-refractivity contribution in [2.45, 2.75) is 25.7 Å². The van der Waals surface area contributed by atoms with Crippen LogP contribution in [0.2, 0.25) is 0 Å². The van der Waals surface area contributed by atoms with Crippen molar-refractivity contribution in [1.29, 1.82) is 0 Å². The van der Waals surface area contributed by atoms with Gasteiger partial charge in [-0.2, -0.15) is 17.1 Å². The van der Waals surface area contributed by atoms with E-state index in [2.05, 4.69) is 63.1 Å². The minimum atomic E-state index is -4.26. The molecular formula is C72H61K3N12O16S4. The number of carbonyl (C=O) groups is 4. The van der Waals surface area contributed by atoms with E-state index in [0.29, 0.717) is 100 Å². The Bertz CT molecular complexity index is 5590. The first-order valence-electron chi connectivity index (χ1n) is 32.2. The molecule has 2 aromatic heterocycles. The zero-order valence-corrected chi connectivity index (χ0v) is 70.3. The maximum atomic E-state index is 11.9. The van der Waals surface area contributed by atoms with E-state index in [-0.39, 0.29) is 166 Å². The second-order valence-electron chi connectivity index (χ2n) is 24.2. The predicted molar refractivity (Wildman–Crippen MR) is 398 cm³/mol. The van der Waals surface area contributed by atoms with Gasteiger partial charge in [0.05, 0.1) is 90.1 Å². The number of aromatic nitrogens is 4. The molecule has 0 spiro atoms. The van der Waals surface area contributed by atoms with Gasteiger partial charge >= 0.3 is 154 Å². The Morgan fingerprint density at radius 1 is 0.439 bits per heavy atom. The summed E-state index contributed by atoms with van der Waals surface area (Å²) in [6.07, 6.45) is 2.42. The summed E-state index contributed by atoms with van der Waals surface area (Å²) in [6.45, 7) is 2.10. The van der Waals surface area contributed by atoms with Gasteiger partial charge in [0.1, 0.15) is 0 Å². The Kier molecular flexibility index (Phi) is 28.6. The first-order chi connectivity index (χ1) is 50.1. The van der Waals surface area contributed by atoms with Gasteiger partial charge in [0.25, 0.3) is 10.1 Å². The number of fused-ring (bicyclic) bond motifs is 8. The summed E-state index contributed by atoms with van der Waals surface area (Å²) in [7, 11) is -7.30. The molecule has 4 aliphatic carbocycles. The van der Waals surface area contributed by atoms with Crippen molar-refractivity contribution in [3.8, 4) is 45.0 Å². The maximum absolute atomic E-state index is 11.9. The third-order valence-corrected chi connectivity index (χ3v) is 20.9. The van der Waals surface area contributed by atoms with Gasteiger partial charge in [-0.05, 0) is 86.3 Å². The molecular weight excluding hydrogens is 1530 g/mol. The molecule has 0 saturated carbocycles. The van der Waals surface area contributed by atoms with Crippen LogP contribution in [0.1, 0.15) is 67.1 Å². The van der Waals surface area contributed by atoms with Gasteiger partial charge in [0.15, 0.2) is 0 Å². The van der Waals surface area contributed by atoms with E-state index in [0.717, 1.165) is 159 Å². The van der Waals surface area contributed by atoms with Crippen LogP contribution in [0.4, 0.5) is 45.5 Å². The van der Waals surface area contributed by atoms with Gasteiger partial charge < -0.3 is 59.7 Å². The number of benzene rings is 10. The van der Waals surface area contributed by atoms with Crippen LogP contribution in [-0.4, -0.2) is 114 Å². The molecule has 35 heteroatoms. The summed E-state index contributed by atoms with van der Waals surface area (Å²) in [5.74, 6) is -0.725. The third kappa shape index (κ3) is 18.1. The van der Waals surface area contributed by atoms with E-state index < -0.39 is 49.1 Å². The van der Waals surface area contributed by atoms with Gasteiger partial charge in [-0.25, -0.2) is 28.4 Å². The smallest absolute Gasteiger partial charge is 0.748 e. The summed E-state index contributed by atoms with van der Waals surface area (Å²) in [6, 6.07) is 44.7. The second kappa shape index (κ2) is 36.6.